The van der Waals surface area contributed by atoms with Gasteiger partial charge < -0.3 is 10.2 Å². The Balaban J connectivity index is 0.987. The number of nitrogens with zero attached hydrogens (tertiary/aromatic N) is 4. The molecule has 5 heterocycles. The first kappa shape index (κ1) is 24.7. The first-order chi connectivity index (χ1) is 18.6. The molecule has 2 amide bonds. The molecule has 0 bridgehead atoms. The lowest BCUT2D eigenvalue weighted by atomic mass is 9.97. The van der Waals surface area contributed by atoms with Crippen molar-refractivity contribution in [2.75, 3.05) is 24.5 Å². The lowest BCUT2D eigenvalue weighted by molar-refractivity contribution is -0.115. The number of hydrogen-bond acceptors (Lipinski definition) is 9. The van der Waals surface area contributed by atoms with Crippen molar-refractivity contribution in [3.8, 4) is 11.3 Å². The summed E-state index contributed by atoms with van der Waals surface area (Å²) in [7, 11) is 0. The predicted molar refractivity (Wildman–Crippen MR) is 153 cm³/mol. The monoisotopic (exact) mass is 542 g/mol. The van der Waals surface area contributed by atoms with E-state index in [1.165, 1.54) is 21.2 Å². The number of piperidine rings is 1. The SMILES string of the molecule is O=C1NC(=O)/C(=C\c2ccnc(N3CCC(CNCc4ccc(-c5csc6ccccc56)nc4)CC3)n2)S1. The lowest BCUT2D eigenvalue weighted by Crippen LogP contribution is -2.38. The van der Waals surface area contributed by atoms with Crippen molar-refractivity contribution in [2.45, 2.75) is 19.4 Å². The first-order valence-electron chi connectivity index (χ1n) is 12.6. The van der Waals surface area contributed by atoms with Crippen LogP contribution in [0, 0.1) is 5.92 Å². The number of hydrogen-bond donors (Lipinski definition) is 2. The summed E-state index contributed by atoms with van der Waals surface area (Å²) in [4.78, 5) is 39.5. The molecular formula is C28H26N6O2S2. The van der Waals surface area contributed by atoms with Gasteiger partial charge in [-0.2, -0.15) is 0 Å². The van der Waals surface area contributed by atoms with Gasteiger partial charge in [0.05, 0.1) is 16.3 Å². The fourth-order valence-corrected chi connectivity index (χ4v) is 6.39. The number of amides is 2. The number of aromatic nitrogens is 3. The van der Waals surface area contributed by atoms with E-state index >= 15 is 0 Å². The third-order valence-electron chi connectivity index (χ3n) is 6.83. The quantitative estimate of drug-likeness (QED) is 0.312. The molecule has 8 nitrogen and oxygen atoms in total. The summed E-state index contributed by atoms with van der Waals surface area (Å²) < 4.78 is 1.28. The highest BCUT2D eigenvalue weighted by atomic mass is 32.2. The summed E-state index contributed by atoms with van der Waals surface area (Å²) >= 11 is 2.65. The molecule has 10 heteroatoms. The van der Waals surface area contributed by atoms with Crippen LogP contribution in [-0.2, 0) is 11.3 Å². The summed E-state index contributed by atoms with van der Waals surface area (Å²) in [6, 6.07) is 14.5. The van der Waals surface area contributed by atoms with Gasteiger partial charge in [0.2, 0.25) is 5.95 Å². The molecule has 6 rings (SSSR count). The fraction of sp³-hybridized carbons (Fsp3) is 0.250. The van der Waals surface area contributed by atoms with Gasteiger partial charge in [-0.1, -0.05) is 24.3 Å². The Morgan fingerprint density at radius 1 is 1.08 bits per heavy atom. The maximum atomic E-state index is 11.8. The van der Waals surface area contributed by atoms with Crippen LogP contribution in [0.1, 0.15) is 24.1 Å². The van der Waals surface area contributed by atoms with Crippen LogP contribution in [-0.4, -0.2) is 45.7 Å². The minimum atomic E-state index is -0.378. The Hall–Kier alpha value is -3.60. The number of thioether (sulfide) groups is 1. The molecule has 38 heavy (non-hydrogen) atoms. The molecule has 0 saturated carbocycles. The van der Waals surface area contributed by atoms with E-state index in [-0.39, 0.29) is 11.1 Å². The average molecular weight is 543 g/mol. The van der Waals surface area contributed by atoms with Crippen LogP contribution < -0.4 is 15.5 Å². The van der Waals surface area contributed by atoms with Crippen LogP contribution in [0.2, 0.25) is 0 Å². The van der Waals surface area contributed by atoms with Gasteiger partial charge in [0.15, 0.2) is 0 Å². The van der Waals surface area contributed by atoms with Crippen molar-refractivity contribution >= 4 is 56.4 Å². The van der Waals surface area contributed by atoms with Crippen LogP contribution in [0.3, 0.4) is 0 Å². The van der Waals surface area contributed by atoms with Gasteiger partial charge in [0, 0.05) is 53.1 Å². The third-order valence-corrected chi connectivity index (χ3v) is 8.60. The first-order valence-corrected chi connectivity index (χ1v) is 14.3. The van der Waals surface area contributed by atoms with E-state index in [0.717, 1.165) is 56.5 Å². The summed E-state index contributed by atoms with van der Waals surface area (Å²) in [6.07, 6.45) is 7.41. The molecule has 2 fully saturated rings. The van der Waals surface area contributed by atoms with Gasteiger partial charge in [-0.15, -0.1) is 11.3 Å². The fourth-order valence-electron chi connectivity index (χ4n) is 4.77. The number of rotatable bonds is 7. The number of anilines is 1. The van der Waals surface area contributed by atoms with Gasteiger partial charge in [0.25, 0.3) is 11.1 Å². The summed E-state index contributed by atoms with van der Waals surface area (Å²) in [5.41, 5.74) is 4.01. The number of carbonyl (C=O) groups is 2. The topological polar surface area (TPSA) is 100 Å². The van der Waals surface area contributed by atoms with E-state index in [1.54, 1.807) is 29.7 Å². The van der Waals surface area contributed by atoms with E-state index in [2.05, 4.69) is 67.3 Å². The van der Waals surface area contributed by atoms with Crippen molar-refractivity contribution in [3.05, 3.63) is 76.4 Å². The number of imide groups is 1. The summed E-state index contributed by atoms with van der Waals surface area (Å²) in [6.45, 7) is 3.51. The van der Waals surface area contributed by atoms with Gasteiger partial charge in [0.1, 0.15) is 0 Å². The number of nitrogens with one attached hydrogen (secondary N) is 2. The van der Waals surface area contributed by atoms with Gasteiger partial charge in [-0.3, -0.25) is 19.9 Å². The zero-order chi connectivity index (χ0) is 25.9. The Morgan fingerprint density at radius 3 is 2.74 bits per heavy atom. The number of pyridine rings is 1. The van der Waals surface area contributed by atoms with Crippen LogP contribution in [0.5, 0.6) is 0 Å². The largest absolute Gasteiger partial charge is 0.341 e. The number of thiophene rings is 1. The Morgan fingerprint density at radius 2 is 1.95 bits per heavy atom. The Bertz CT molecular complexity index is 1510. The van der Waals surface area contributed by atoms with Crippen LogP contribution in [0.15, 0.2) is 65.1 Å². The molecule has 2 aliphatic heterocycles. The smallest absolute Gasteiger partial charge is 0.290 e. The third kappa shape index (κ3) is 5.47. The second-order valence-electron chi connectivity index (χ2n) is 9.39. The van der Waals surface area contributed by atoms with Crippen LogP contribution in [0.4, 0.5) is 10.7 Å². The molecule has 0 aliphatic carbocycles. The van der Waals surface area contributed by atoms with E-state index < -0.39 is 0 Å². The van der Waals surface area contributed by atoms with Crippen molar-refractivity contribution in [1.29, 1.82) is 0 Å². The number of fused-ring (bicyclic) bond motifs is 1. The van der Waals surface area contributed by atoms with Crippen molar-refractivity contribution in [1.82, 2.24) is 25.6 Å². The predicted octanol–water partition coefficient (Wildman–Crippen LogP) is 5.08. The van der Waals surface area contributed by atoms with Crippen molar-refractivity contribution < 1.29 is 9.59 Å². The summed E-state index contributed by atoms with van der Waals surface area (Å²) in [5.74, 6) is 0.867. The van der Waals surface area contributed by atoms with Gasteiger partial charge >= 0.3 is 0 Å². The molecule has 4 aromatic rings. The normalized spacial score (nSPS) is 17.5. The number of carbonyl (C=O) groups excluding carboxylic acids is 2. The van der Waals surface area contributed by atoms with Crippen molar-refractivity contribution in [3.63, 3.8) is 0 Å². The molecule has 192 valence electrons. The van der Waals surface area contributed by atoms with E-state index in [0.29, 0.717) is 22.5 Å². The highest BCUT2D eigenvalue weighted by Crippen LogP contribution is 2.32. The highest BCUT2D eigenvalue weighted by molar-refractivity contribution is 8.18. The lowest BCUT2D eigenvalue weighted by Gasteiger charge is -2.32. The summed E-state index contributed by atoms with van der Waals surface area (Å²) in [5, 5.41) is 8.96. The second kappa shape index (κ2) is 11.0. The van der Waals surface area contributed by atoms with Gasteiger partial charge in [-0.05, 0) is 66.9 Å². The minimum absolute atomic E-state index is 0.355. The number of benzene rings is 1. The molecule has 0 atom stereocenters. The zero-order valence-electron chi connectivity index (χ0n) is 20.6. The molecule has 0 spiro atoms. The average Bonchev–Trinajstić information content (AvgIpc) is 3.51. The molecule has 2 saturated heterocycles. The molecule has 3 aromatic heterocycles. The maximum Gasteiger partial charge on any atom is 0.290 e. The molecule has 1 aromatic carbocycles. The highest BCUT2D eigenvalue weighted by Gasteiger charge is 2.25. The second-order valence-corrected chi connectivity index (χ2v) is 11.3. The molecule has 0 unspecified atom stereocenters. The minimum Gasteiger partial charge on any atom is -0.341 e. The molecule has 2 N–H and O–H groups in total. The zero-order valence-corrected chi connectivity index (χ0v) is 22.2. The Labute approximate surface area is 228 Å². The van der Waals surface area contributed by atoms with E-state index in [1.807, 2.05) is 6.20 Å². The van der Waals surface area contributed by atoms with Crippen LogP contribution in [0.25, 0.3) is 27.4 Å². The van der Waals surface area contributed by atoms with E-state index in [4.69, 9.17) is 4.98 Å². The molecular weight excluding hydrogens is 516 g/mol. The molecule has 2 aliphatic rings. The molecule has 0 radical (unpaired) electrons. The standard InChI is InChI=1S/C28H26N6O2S2/c35-26-25(38-28(36)33-26)13-20-7-10-30-27(32-20)34-11-8-18(9-12-34)14-29-15-19-5-6-23(31-16-19)22-17-37-24-4-2-1-3-21(22)24/h1-7,10,13,16-18,29H,8-9,11-12,14-15H2,(H,33,35,36)/b25-13+. The maximum absolute atomic E-state index is 11.8. The van der Waals surface area contributed by atoms with Gasteiger partial charge in [-0.25, -0.2) is 9.97 Å². The van der Waals surface area contributed by atoms with Crippen LogP contribution >= 0.6 is 23.1 Å². The Kier molecular flexibility index (Phi) is 7.17. The van der Waals surface area contributed by atoms with E-state index in [9.17, 15) is 9.59 Å². The van der Waals surface area contributed by atoms with Crippen molar-refractivity contribution in [2.24, 2.45) is 5.92 Å².